The van der Waals surface area contributed by atoms with Crippen molar-refractivity contribution in [3.05, 3.63) is 58.1 Å². The van der Waals surface area contributed by atoms with E-state index in [0.29, 0.717) is 29.5 Å². The molecule has 0 saturated heterocycles. The Balaban J connectivity index is 0.000000718. The van der Waals surface area contributed by atoms with Crippen LogP contribution in [-0.4, -0.2) is 62.2 Å². The number of phenolic OH excluding ortho intramolecular Hbond substituents is 2. The van der Waals surface area contributed by atoms with E-state index in [1.54, 1.807) is 42.1 Å². The van der Waals surface area contributed by atoms with Gasteiger partial charge < -0.3 is 25.5 Å². The van der Waals surface area contributed by atoms with Crippen LogP contribution >= 0.6 is 24.2 Å². The van der Waals surface area contributed by atoms with Gasteiger partial charge >= 0.3 is 5.97 Å². The summed E-state index contributed by atoms with van der Waals surface area (Å²) in [7, 11) is 0. The number of halogens is 1. The molecule has 0 radical (unpaired) electrons. The third-order valence-corrected chi connectivity index (χ3v) is 8.87. The number of phenols is 2. The van der Waals surface area contributed by atoms with E-state index in [-0.39, 0.29) is 47.2 Å². The van der Waals surface area contributed by atoms with Crippen LogP contribution in [0.3, 0.4) is 0 Å². The van der Waals surface area contributed by atoms with E-state index < -0.39 is 5.97 Å². The van der Waals surface area contributed by atoms with Gasteiger partial charge in [0.05, 0.1) is 5.88 Å². The fourth-order valence-electron chi connectivity index (χ4n) is 5.47. The quantitative estimate of drug-likeness (QED) is 0.113. The molecular weight excluding hydrogens is 660 g/mol. The van der Waals surface area contributed by atoms with Crippen molar-refractivity contribution >= 4 is 42.0 Å². The molecule has 10 heteroatoms. The van der Waals surface area contributed by atoms with Crippen LogP contribution in [0.15, 0.2) is 30.3 Å². The first-order valence-electron chi connectivity index (χ1n) is 17.5. The van der Waals surface area contributed by atoms with Crippen LogP contribution in [0.25, 0.3) is 0 Å². The number of hydrogen-bond acceptors (Lipinski definition) is 6. The molecule has 0 atom stereocenters. The van der Waals surface area contributed by atoms with E-state index in [0.717, 1.165) is 42.4 Å². The van der Waals surface area contributed by atoms with Crippen molar-refractivity contribution in [3.8, 4) is 11.5 Å². The van der Waals surface area contributed by atoms with Crippen molar-refractivity contribution in [1.82, 2.24) is 10.2 Å². The normalized spacial score (nSPS) is 12.4. The number of rotatable bonds is 14. The lowest BCUT2D eigenvalue weighted by atomic mass is 9.85. The maximum Gasteiger partial charge on any atom is 0.303 e. The predicted octanol–water partition coefficient (Wildman–Crippen LogP) is 9.79. The highest BCUT2D eigenvalue weighted by Crippen LogP contribution is 2.32. The number of carboxylic acid groups (broad SMARTS) is 1. The number of thioether (sulfide) groups is 1. The number of aliphatic carboxylic acids is 1. The first kappa shape index (κ1) is 46.1. The average Bonchev–Trinajstić information content (AvgIpc) is 2.99. The standard InChI is InChI=1S/C16H23NO2.C13H19NO2S.C10H20O2.ClH/c1-10(2)17(14-6-5-7-14)16(19)13-8-11(3)15(18)12(4)9-13;1-13(2,3)10-7-9(5-6-11(10)15)12(16)14-8-17-4;1-2-3-4-5-6-7-8-9-10(11)12;/h8-10,14,18H,5-7H2,1-4H3;5-7,15H,8H2,1-4H3,(H,14,16);2-9H2,1H3,(H,11,12);1H. The zero-order valence-electron chi connectivity index (χ0n) is 31.4. The Kier molecular flexibility index (Phi) is 22.1. The second-order valence-corrected chi connectivity index (χ2v) is 14.9. The zero-order valence-corrected chi connectivity index (χ0v) is 33.0. The lowest BCUT2D eigenvalue weighted by molar-refractivity contribution is -0.137. The van der Waals surface area contributed by atoms with E-state index >= 15 is 0 Å². The number of carboxylic acids is 1. The number of benzene rings is 2. The van der Waals surface area contributed by atoms with Gasteiger partial charge in [0.25, 0.3) is 11.8 Å². The van der Waals surface area contributed by atoms with Crippen molar-refractivity contribution in [3.63, 3.8) is 0 Å². The highest BCUT2D eigenvalue weighted by molar-refractivity contribution is 7.98. The number of aryl methyl sites for hydroxylation is 2. The summed E-state index contributed by atoms with van der Waals surface area (Å²) in [5.74, 6) is 0.430. The maximum atomic E-state index is 12.7. The minimum absolute atomic E-state index is 0. The molecule has 1 fully saturated rings. The van der Waals surface area contributed by atoms with Gasteiger partial charge in [-0.1, -0.05) is 66.2 Å². The van der Waals surface area contributed by atoms with Gasteiger partial charge in [-0.05, 0) is 107 Å². The summed E-state index contributed by atoms with van der Waals surface area (Å²) in [4.78, 5) is 36.6. The third-order valence-electron chi connectivity index (χ3n) is 8.43. The van der Waals surface area contributed by atoms with E-state index in [1.807, 2.05) is 45.8 Å². The molecule has 2 amide bonds. The molecule has 0 heterocycles. The van der Waals surface area contributed by atoms with Gasteiger partial charge in [-0.15, -0.1) is 24.2 Å². The first-order chi connectivity index (χ1) is 22.5. The molecule has 0 aliphatic heterocycles. The summed E-state index contributed by atoms with van der Waals surface area (Å²) in [6, 6.07) is 9.16. The Bertz CT molecular complexity index is 1280. The van der Waals surface area contributed by atoms with Gasteiger partial charge in [0, 0.05) is 35.2 Å². The summed E-state index contributed by atoms with van der Waals surface area (Å²) in [5.41, 5.74) is 3.41. The van der Waals surface area contributed by atoms with Crippen LogP contribution in [-0.2, 0) is 10.2 Å². The van der Waals surface area contributed by atoms with Crippen LogP contribution in [0, 0.1) is 13.8 Å². The van der Waals surface area contributed by atoms with Crippen LogP contribution < -0.4 is 5.32 Å². The molecule has 2 aromatic carbocycles. The Morgan fingerprint density at radius 2 is 1.47 bits per heavy atom. The van der Waals surface area contributed by atoms with Crippen LogP contribution in [0.1, 0.15) is 150 Å². The molecule has 8 nitrogen and oxygen atoms in total. The van der Waals surface area contributed by atoms with E-state index in [1.165, 1.54) is 38.5 Å². The van der Waals surface area contributed by atoms with Crippen LogP contribution in [0.4, 0.5) is 0 Å². The summed E-state index contributed by atoms with van der Waals surface area (Å²) in [6.07, 6.45) is 14.0. The number of carbonyl (C=O) groups excluding carboxylic acids is 2. The predicted molar refractivity (Wildman–Crippen MR) is 207 cm³/mol. The Morgan fingerprint density at radius 3 is 1.92 bits per heavy atom. The van der Waals surface area contributed by atoms with Gasteiger partial charge in [0.1, 0.15) is 11.5 Å². The summed E-state index contributed by atoms with van der Waals surface area (Å²) < 4.78 is 0. The number of hydrogen-bond donors (Lipinski definition) is 4. The minimum atomic E-state index is -0.663. The molecule has 1 saturated carbocycles. The Morgan fingerprint density at radius 1 is 0.918 bits per heavy atom. The number of amides is 2. The van der Waals surface area contributed by atoms with Crippen LogP contribution in [0.5, 0.6) is 11.5 Å². The largest absolute Gasteiger partial charge is 0.508 e. The van der Waals surface area contributed by atoms with Gasteiger partial charge in [-0.2, -0.15) is 0 Å². The maximum absolute atomic E-state index is 12.7. The molecule has 0 unspecified atom stereocenters. The summed E-state index contributed by atoms with van der Waals surface area (Å²) in [6.45, 7) is 16.0. The van der Waals surface area contributed by atoms with E-state index in [4.69, 9.17) is 5.11 Å². The SMILES string of the molecule is CCCCCCCCCC(=O)O.CSCNC(=O)c1ccc(O)c(C(C)(C)C)c1.Cc1cc(C(=O)N(C(C)C)C2CCC2)cc(C)c1O.Cl. The molecule has 278 valence electrons. The Labute approximate surface area is 306 Å². The highest BCUT2D eigenvalue weighted by atomic mass is 35.5. The number of unbranched alkanes of at least 4 members (excludes halogenated alkanes) is 6. The number of carbonyl (C=O) groups is 3. The molecule has 4 N–H and O–H groups in total. The number of nitrogens with zero attached hydrogens (tertiary/aromatic N) is 1. The number of aromatic hydroxyl groups is 2. The fraction of sp³-hybridized carbons (Fsp3) is 0.615. The van der Waals surface area contributed by atoms with Gasteiger partial charge in [0.2, 0.25) is 0 Å². The first-order valence-corrected chi connectivity index (χ1v) is 18.9. The highest BCUT2D eigenvalue weighted by Gasteiger charge is 2.31. The lowest BCUT2D eigenvalue weighted by Gasteiger charge is -2.40. The zero-order chi connectivity index (χ0) is 36.4. The van der Waals surface area contributed by atoms with Crippen molar-refractivity contribution in [1.29, 1.82) is 0 Å². The summed E-state index contributed by atoms with van der Waals surface area (Å²) in [5, 5.41) is 30.7. The van der Waals surface area contributed by atoms with Crippen molar-refractivity contribution in [2.24, 2.45) is 0 Å². The molecule has 0 bridgehead atoms. The third kappa shape index (κ3) is 16.6. The summed E-state index contributed by atoms with van der Waals surface area (Å²) >= 11 is 1.56. The average molecular weight is 723 g/mol. The fourth-order valence-corrected chi connectivity index (χ4v) is 5.74. The molecule has 0 aromatic heterocycles. The van der Waals surface area contributed by atoms with E-state index in [9.17, 15) is 24.6 Å². The van der Waals surface area contributed by atoms with Gasteiger partial charge in [-0.3, -0.25) is 14.4 Å². The van der Waals surface area contributed by atoms with Crippen molar-refractivity contribution in [2.75, 3.05) is 12.1 Å². The molecule has 2 aromatic rings. The second-order valence-electron chi connectivity index (χ2n) is 14.0. The smallest absolute Gasteiger partial charge is 0.303 e. The minimum Gasteiger partial charge on any atom is -0.508 e. The van der Waals surface area contributed by atoms with Crippen molar-refractivity contribution in [2.45, 2.75) is 144 Å². The molecule has 0 spiro atoms. The van der Waals surface area contributed by atoms with Gasteiger partial charge in [-0.25, -0.2) is 0 Å². The van der Waals surface area contributed by atoms with Crippen molar-refractivity contribution < 1.29 is 29.7 Å². The molecule has 1 aliphatic rings. The van der Waals surface area contributed by atoms with Gasteiger partial charge in [0.15, 0.2) is 0 Å². The Hall–Kier alpha value is -2.91. The molecule has 1 aliphatic carbocycles. The molecular formula is C39H63ClN2O6S. The monoisotopic (exact) mass is 722 g/mol. The lowest BCUT2D eigenvalue weighted by Crippen LogP contribution is -2.48. The topological polar surface area (TPSA) is 127 Å². The molecule has 49 heavy (non-hydrogen) atoms. The van der Waals surface area contributed by atoms with Crippen LogP contribution in [0.2, 0.25) is 0 Å². The second kappa shape index (κ2) is 23.5. The van der Waals surface area contributed by atoms with E-state index in [2.05, 4.69) is 26.1 Å². The number of nitrogens with one attached hydrogen (secondary N) is 1. The molecule has 3 rings (SSSR count).